The molecule has 9 rings (SSSR count). The molecule has 0 aromatic carbocycles. The van der Waals surface area contributed by atoms with Crippen LogP contribution < -0.4 is 36.1 Å². The van der Waals surface area contributed by atoms with E-state index >= 15 is 0 Å². The Morgan fingerprint density at radius 1 is 0.413 bits per heavy atom. The Kier molecular flexibility index (Phi) is 51.8. The van der Waals surface area contributed by atoms with Crippen molar-refractivity contribution >= 4 is 55.7 Å². The number of oxazole rings is 4. The van der Waals surface area contributed by atoms with Gasteiger partial charge < -0.3 is 78.6 Å². The number of rotatable bonds is 42. The van der Waals surface area contributed by atoms with Crippen LogP contribution in [0, 0.1) is 5.95 Å². The van der Waals surface area contributed by atoms with Gasteiger partial charge in [0, 0.05) is 93.6 Å². The quantitative estimate of drug-likeness (QED) is 0.0118. The molecule has 0 aliphatic carbocycles. The molecule has 0 unspecified atom stereocenters. The van der Waals surface area contributed by atoms with E-state index in [-0.39, 0.29) is 34.6 Å². The van der Waals surface area contributed by atoms with Gasteiger partial charge in [-0.1, -0.05) is 136 Å². The summed E-state index contributed by atoms with van der Waals surface area (Å²) >= 11 is 6.45. The summed E-state index contributed by atoms with van der Waals surface area (Å²) in [6, 6.07) is 17.0. The number of pyridine rings is 5. The monoisotopic (exact) mass is 1650 g/mol. The second-order valence-corrected chi connectivity index (χ2v) is 25.2. The number of carbonyl (C=O) groups is 4. The molecule has 0 atom stereocenters. The Labute approximate surface area is 652 Å². The highest BCUT2D eigenvalue weighted by molar-refractivity contribution is 9.10. The first-order chi connectivity index (χ1) is 53.0. The number of carboxylic acids is 2. The van der Waals surface area contributed by atoms with Crippen molar-refractivity contribution in [3.63, 3.8) is 0 Å². The summed E-state index contributed by atoms with van der Waals surface area (Å²) in [6.45, 7) is 13.7. The van der Waals surface area contributed by atoms with Gasteiger partial charge in [0.1, 0.15) is 25.1 Å². The summed E-state index contributed by atoms with van der Waals surface area (Å²) in [7, 11) is 0. The highest BCUT2D eigenvalue weighted by Crippen LogP contribution is 2.26. The molecule has 0 saturated heterocycles. The van der Waals surface area contributed by atoms with Crippen LogP contribution in [0.2, 0.25) is 0 Å². The lowest BCUT2D eigenvalue weighted by molar-refractivity contribution is 0.0510. The highest BCUT2D eigenvalue weighted by Gasteiger charge is 2.17. The zero-order valence-corrected chi connectivity index (χ0v) is 65.8. The van der Waals surface area contributed by atoms with Gasteiger partial charge in [-0.25, -0.2) is 64.0 Å². The second-order valence-electron chi connectivity index (χ2n) is 23.4. The summed E-state index contributed by atoms with van der Waals surface area (Å²) in [5.41, 5.74) is 18.2. The number of unbranched alkanes of at least 4 members (excludes halogenated alkanes) is 17. The molecule has 596 valence electrons. The fourth-order valence-electron chi connectivity index (χ4n) is 8.87. The topological polar surface area (TPSA) is 431 Å². The Morgan fingerprint density at radius 2 is 0.752 bits per heavy atom. The Morgan fingerprint density at radius 3 is 1.07 bits per heavy atom. The summed E-state index contributed by atoms with van der Waals surface area (Å²) in [4.78, 5) is 79.4. The minimum absolute atomic E-state index is 0.120. The van der Waals surface area contributed by atoms with E-state index in [1.165, 1.54) is 82.5 Å². The van der Waals surface area contributed by atoms with Gasteiger partial charge in [-0.2, -0.15) is 4.39 Å². The number of nitrogens with zero attached hydrogens (tertiary/aromatic N) is 9. The zero-order valence-electron chi connectivity index (χ0n) is 62.6. The molecular weight excluding hydrogens is 1540 g/mol. The van der Waals surface area contributed by atoms with Crippen molar-refractivity contribution in [3.8, 4) is 57.9 Å². The van der Waals surface area contributed by atoms with Crippen LogP contribution >= 0.6 is 31.9 Å². The van der Waals surface area contributed by atoms with Crippen molar-refractivity contribution in [2.45, 2.75) is 169 Å². The molecule has 0 saturated carbocycles. The van der Waals surface area contributed by atoms with Gasteiger partial charge in [-0.05, 0) is 115 Å². The molecule has 9 aromatic rings. The molecule has 109 heavy (non-hydrogen) atoms. The molecule has 0 amide bonds. The highest BCUT2D eigenvalue weighted by atomic mass is 79.9. The second kappa shape index (κ2) is 60.3. The Bertz CT molecular complexity index is 3720. The summed E-state index contributed by atoms with van der Waals surface area (Å²) < 4.78 is 65.8. The zero-order chi connectivity index (χ0) is 79.3. The first-order valence-corrected chi connectivity index (χ1v) is 38.2. The van der Waals surface area contributed by atoms with Gasteiger partial charge in [0.25, 0.3) is 0 Å². The van der Waals surface area contributed by atoms with Gasteiger partial charge in [-0.15, -0.1) is 0 Å². The molecule has 9 aromatic heterocycles. The SMILES string of the molecule is CCCCCCCOc1cc(-c2nc(C(=O)O)co2)ccn1.CCCCCCCOc1cc(-c2nc(C(=O)OCC)co2)ccn1.CCOC(=O)c1cocn1.Fc1cc(Br)ccn1.NCCCCCCO.NCCCCCCOc1cc(-c2nc(C(=O)O)co2)ccn1.NCCCCCCOc1cc(Br)ccn1. The molecule has 0 aliphatic rings. The number of aromatic carboxylic acids is 2. The third kappa shape index (κ3) is 43.3. The smallest absolute Gasteiger partial charge is 0.360 e. The number of aliphatic hydroxyl groups excluding tert-OH is 1. The van der Waals surface area contributed by atoms with Crippen LogP contribution in [0.4, 0.5) is 4.39 Å². The molecule has 0 fully saturated rings. The third-order valence-corrected chi connectivity index (χ3v) is 15.5. The average molecular weight is 1650 g/mol. The molecule has 0 aliphatic heterocycles. The van der Waals surface area contributed by atoms with Gasteiger partial charge in [0.05, 0.1) is 39.6 Å². The number of aliphatic hydroxyl groups is 1. The average Bonchev–Trinajstić information content (AvgIpc) is 1.75. The van der Waals surface area contributed by atoms with E-state index in [9.17, 15) is 23.6 Å². The van der Waals surface area contributed by atoms with Crippen molar-refractivity contribution in [3.05, 3.63) is 161 Å². The minimum Gasteiger partial charge on any atom is -0.478 e. The molecule has 9 N–H and O–H groups in total. The van der Waals surface area contributed by atoms with E-state index in [0.29, 0.717) is 90.2 Å². The molecule has 29 nitrogen and oxygen atoms in total. The molecule has 9 heterocycles. The third-order valence-electron chi connectivity index (χ3n) is 14.5. The van der Waals surface area contributed by atoms with Crippen LogP contribution in [-0.4, -0.2) is 150 Å². The lowest BCUT2D eigenvalue weighted by Gasteiger charge is -2.05. The summed E-state index contributed by atoms with van der Waals surface area (Å²) in [5, 5.41) is 26.0. The maximum Gasteiger partial charge on any atom is 0.360 e. The molecular formula is C77H105Br2FN12O17. The number of halogens is 3. The lowest BCUT2D eigenvalue weighted by atomic mass is 10.2. The van der Waals surface area contributed by atoms with Crippen molar-refractivity contribution in [1.29, 1.82) is 0 Å². The van der Waals surface area contributed by atoms with Crippen LogP contribution in [0.25, 0.3) is 34.4 Å². The van der Waals surface area contributed by atoms with Gasteiger partial charge in [0.15, 0.2) is 29.2 Å². The standard InChI is InChI=1S/C18H24N2O4.C16H20N2O4.C15H19N3O4.C11H17BrN2O.C6H7NO3.C6H15NO.C5H3BrFN/c1-3-5-6-7-8-11-23-16-12-14(9-10-19-16)17-20-15(13-24-17)18(21)22-4-2;1-2-3-4-5-6-9-21-14-10-12(7-8-17-14)15-18-13(11-22-15)16(19)20;16-6-3-1-2-4-8-21-13-9-11(5-7-17-13)14-18-12(10-22-14)15(19)20;12-10-5-7-14-11(9-10)15-8-4-2-1-3-6-13;1-2-10-6(8)5-3-9-4-7-5;7-5-3-1-2-4-6-8;6-4-1-2-8-5(7)3-4/h9-10,12-13H,3-8,11H2,1-2H3;7-8,10-11H,2-6,9H2,1H3,(H,19,20);5,7,9-10H,1-4,6,8,16H2,(H,19,20);5,7,9H,1-4,6,8,13H2;3-4H,2H2,1H3;8H,1-7H2;1-3H. The number of carboxylic acid groups (broad SMARTS) is 2. The van der Waals surface area contributed by atoms with Crippen molar-refractivity contribution in [2.24, 2.45) is 17.2 Å². The van der Waals surface area contributed by atoms with Crippen LogP contribution in [-0.2, 0) is 9.47 Å². The van der Waals surface area contributed by atoms with Crippen LogP contribution in [0.1, 0.15) is 211 Å². The van der Waals surface area contributed by atoms with Crippen LogP contribution in [0.5, 0.6) is 23.5 Å². The van der Waals surface area contributed by atoms with E-state index in [2.05, 4.69) is 99.7 Å². The molecule has 32 heteroatoms. The number of esters is 2. The maximum atomic E-state index is 12.0. The van der Waals surface area contributed by atoms with E-state index in [4.69, 9.17) is 69.5 Å². The van der Waals surface area contributed by atoms with Gasteiger partial charge in [-0.3, -0.25) is 0 Å². The number of aromatic nitrogens is 9. The number of hydrogen-bond acceptors (Lipinski definition) is 27. The van der Waals surface area contributed by atoms with Crippen molar-refractivity contribution in [2.75, 3.05) is 65.9 Å². The maximum absolute atomic E-state index is 12.0. The summed E-state index contributed by atoms with van der Waals surface area (Å²) in [6.07, 6.45) is 38.6. The van der Waals surface area contributed by atoms with Gasteiger partial charge >= 0.3 is 23.9 Å². The van der Waals surface area contributed by atoms with Gasteiger partial charge in [0.2, 0.25) is 47.1 Å². The fourth-order valence-corrected chi connectivity index (χ4v) is 9.49. The summed E-state index contributed by atoms with van der Waals surface area (Å²) in [5.74, 6) is -0.670. The van der Waals surface area contributed by atoms with E-state index < -0.39 is 29.8 Å². The normalized spacial score (nSPS) is 10.3. The Hall–Kier alpha value is -9.60. The first kappa shape index (κ1) is 93.6. The largest absolute Gasteiger partial charge is 0.478 e. The predicted molar refractivity (Wildman–Crippen MR) is 415 cm³/mol. The number of ether oxygens (including phenoxy) is 6. The molecule has 0 spiro atoms. The van der Waals surface area contributed by atoms with Crippen molar-refractivity contribution in [1.82, 2.24) is 44.9 Å². The van der Waals surface area contributed by atoms with E-state index in [0.717, 1.165) is 133 Å². The minimum atomic E-state index is -1.13. The molecule has 0 bridgehead atoms. The van der Waals surface area contributed by atoms with E-state index in [1.807, 2.05) is 12.1 Å². The van der Waals surface area contributed by atoms with Crippen LogP contribution in [0.3, 0.4) is 0 Å². The predicted octanol–water partition coefficient (Wildman–Crippen LogP) is 16.5. The number of nitrogens with two attached hydrogens (primary N) is 3. The Balaban J connectivity index is 0.000000342. The van der Waals surface area contributed by atoms with Crippen molar-refractivity contribution < 1.29 is 85.0 Å². The van der Waals surface area contributed by atoms with Crippen LogP contribution in [0.15, 0.2) is 150 Å². The fraction of sp³-hybridized carbons (Fsp3) is 0.468. The van der Waals surface area contributed by atoms with E-state index in [1.54, 1.807) is 81.1 Å². The lowest BCUT2D eigenvalue weighted by Crippen LogP contribution is -2.04. The first-order valence-electron chi connectivity index (χ1n) is 36.6. The molecule has 0 radical (unpaired) electrons. The number of hydrogen-bond donors (Lipinski definition) is 6. The number of carbonyl (C=O) groups excluding carboxylic acids is 2.